The van der Waals surface area contributed by atoms with Crippen LogP contribution in [0.5, 0.6) is 0 Å². The van der Waals surface area contributed by atoms with Gasteiger partial charge in [0.25, 0.3) is 0 Å². The van der Waals surface area contributed by atoms with Gasteiger partial charge in [0.05, 0.1) is 0 Å². The lowest BCUT2D eigenvalue weighted by molar-refractivity contribution is 0.287. The molecule has 2 aromatic rings. The molecule has 2 rings (SSSR count). The first-order valence-electron chi connectivity index (χ1n) is 4.51. The Morgan fingerprint density at radius 3 is 3.14 bits per heavy atom. The summed E-state index contributed by atoms with van der Waals surface area (Å²) in [6, 6.07) is 3.55. The summed E-state index contributed by atoms with van der Waals surface area (Å²) in [7, 11) is 0. The molecule has 0 bridgehead atoms. The SMILES string of the molecule is Nc1ccn2nc(CCCO)nc2c1. The average Bonchev–Trinajstić information content (AvgIpc) is 2.56. The number of aliphatic hydroxyl groups is 1. The second-order valence-corrected chi connectivity index (χ2v) is 3.12. The Bertz CT molecular complexity index is 437. The molecule has 0 radical (unpaired) electrons. The van der Waals surface area contributed by atoms with Crippen molar-refractivity contribution in [1.29, 1.82) is 0 Å². The molecule has 0 saturated heterocycles. The maximum absolute atomic E-state index is 8.66. The first-order valence-corrected chi connectivity index (χ1v) is 4.51. The first-order chi connectivity index (χ1) is 6.79. The molecule has 2 heterocycles. The van der Waals surface area contributed by atoms with Gasteiger partial charge in [-0.2, -0.15) is 5.10 Å². The van der Waals surface area contributed by atoms with Gasteiger partial charge in [-0.15, -0.1) is 0 Å². The van der Waals surface area contributed by atoms with E-state index < -0.39 is 0 Å². The van der Waals surface area contributed by atoms with Crippen LogP contribution in [0.2, 0.25) is 0 Å². The fraction of sp³-hybridized carbons (Fsp3) is 0.333. The van der Waals surface area contributed by atoms with Crippen LogP contribution in [0.1, 0.15) is 12.2 Å². The van der Waals surface area contributed by atoms with Gasteiger partial charge in [-0.05, 0) is 12.5 Å². The number of nitrogen functional groups attached to an aromatic ring is 1. The molecule has 0 aliphatic carbocycles. The number of anilines is 1. The minimum Gasteiger partial charge on any atom is -0.399 e. The zero-order valence-corrected chi connectivity index (χ0v) is 7.72. The zero-order valence-electron chi connectivity index (χ0n) is 7.72. The Kier molecular flexibility index (Phi) is 2.32. The molecule has 0 saturated carbocycles. The van der Waals surface area contributed by atoms with Gasteiger partial charge in [0.15, 0.2) is 11.5 Å². The summed E-state index contributed by atoms with van der Waals surface area (Å²) in [4.78, 5) is 4.27. The van der Waals surface area contributed by atoms with Crippen molar-refractivity contribution in [1.82, 2.24) is 14.6 Å². The van der Waals surface area contributed by atoms with Crippen molar-refractivity contribution in [3.8, 4) is 0 Å². The minimum absolute atomic E-state index is 0.164. The third-order valence-electron chi connectivity index (χ3n) is 1.96. The minimum atomic E-state index is 0.164. The number of fused-ring (bicyclic) bond motifs is 1. The lowest BCUT2D eigenvalue weighted by Gasteiger charge is -1.91. The average molecular weight is 192 g/mol. The standard InChI is InChI=1S/C9H12N4O/c10-7-3-4-13-9(6-7)11-8(12-13)2-1-5-14/h3-4,6,14H,1-2,5,10H2. The molecule has 0 amide bonds. The summed E-state index contributed by atoms with van der Waals surface area (Å²) in [5, 5.41) is 12.9. The van der Waals surface area contributed by atoms with Crippen LogP contribution in [-0.2, 0) is 6.42 Å². The van der Waals surface area contributed by atoms with Crippen LogP contribution in [0.4, 0.5) is 5.69 Å². The summed E-state index contributed by atoms with van der Waals surface area (Å²) >= 11 is 0. The van der Waals surface area contributed by atoms with Gasteiger partial charge in [0.1, 0.15) is 0 Å². The van der Waals surface area contributed by atoms with Crippen LogP contribution in [0.3, 0.4) is 0 Å². The van der Waals surface area contributed by atoms with E-state index in [1.807, 2.05) is 0 Å². The zero-order chi connectivity index (χ0) is 9.97. The molecule has 0 spiro atoms. The molecule has 14 heavy (non-hydrogen) atoms. The fourth-order valence-corrected chi connectivity index (χ4v) is 1.29. The van der Waals surface area contributed by atoms with Gasteiger partial charge < -0.3 is 10.8 Å². The lowest BCUT2D eigenvalue weighted by atomic mass is 10.3. The maximum atomic E-state index is 8.66. The van der Waals surface area contributed by atoms with E-state index in [1.54, 1.807) is 22.8 Å². The maximum Gasteiger partial charge on any atom is 0.157 e. The number of aliphatic hydroxyl groups excluding tert-OH is 1. The second-order valence-electron chi connectivity index (χ2n) is 3.12. The van der Waals surface area contributed by atoms with Crippen molar-refractivity contribution in [2.24, 2.45) is 0 Å². The molecule has 0 atom stereocenters. The van der Waals surface area contributed by atoms with Gasteiger partial charge in [-0.25, -0.2) is 9.50 Å². The van der Waals surface area contributed by atoms with Crippen molar-refractivity contribution in [3.63, 3.8) is 0 Å². The Hall–Kier alpha value is -1.62. The van der Waals surface area contributed by atoms with E-state index in [-0.39, 0.29) is 6.61 Å². The summed E-state index contributed by atoms with van der Waals surface area (Å²) in [5.41, 5.74) is 7.04. The molecule has 5 nitrogen and oxygen atoms in total. The Morgan fingerprint density at radius 2 is 2.36 bits per heavy atom. The van der Waals surface area contributed by atoms with Gasteiger partial charge in [-0.3, -0.25) is 0 Å². The number of hydrogen-bond acceptors (Lipinski definition) is 4. The van der Waals surface area contributed by atoms with Gasteiger partial charge >= 0.3 is 0 Å². The van der Waals surface area contributed by atoms with Crippen LogP contribution < -0.4 is 5.73 Å². The Labute approximate surface area is 81.2 Å². The topological polar surface area (TPSA) is 76.4 Å². The summed E-state index contributed by atoms with van der Waals surface area (Å²) in [6.45, 7) is 0.164. The summed E-state index contributed by atoms with van der Waals surface area (Å²) in [5.74, 6) is 0.740. The summed E-state index contributed by atoms with van der Waals surface area (Å²) in [6.07, 6.45) is 3.16. The molecule has 0 aliphatic rings. The quantitative estimate of drug-likeness (QED) is 0.730. The first kappa shape index (κ1) is 8.96. The lowest BCUT2D eigenvalue weighted by Crippen LogP contribution is -1.92. The normalized spacial score (nSPS) is 10.9. The van der Waals surface area contributed by atoms with Crippen LogP contribution in [0, 0.1) is 0 Å². The highest BCUT2D eigenvalue weighted by atomic mass is 16.2. The molecule has 0 unspecified atom stereocenters. The molecule has 74 valence electrons. The van der Waals surface area contributed by atoms with Crippen LogP contribution >= 0.6 is 0 Å². The number of hydrogen-bond donors (Lipinski definition) is 2. The predicted molar refractivity (Wildman–Crippen MR) is 52.8 cm³/mol. The Morgan fingerprint density at radius 1 is 1.50 bits per heavy atom. The molecule has 0 aromatic carbocycles. The largest absolute Gasteiger partial charge is 0.399 e. The highest BCUT2D eigenvalue weighted by molar-refractivity contribution is 5.50. The van der Waals surface area contributed by atoms with Gasteiger partial charge in [-0.1, -0.05) is 0 Å². The van der Waals surface area contributed by atoms with Crippen molar-refractivity contribution < 1.29 is 5.11 Å². The Balaban J connectivity index is 2.32. The highest BCUT2D eigenvalue weighted by Crippen LogP contribution is 2.07. The molecule has 2 aromatic heterocycles. The van der Waals surface area contributed by atoms with E-state index >= 15 is 0 Å². The number of nitrogens with zero attached hydrogens (tertiary/aromatic N) is 3. The van der Waals surface area contributed by atoms with Gasteiger partial charge in [0, 0.05) is 31.0 Å². The molecular weight excluding hydrogens is 180 g/mol. The highest BCUT2D eigenvalue weighted by Gasteiger charge is 2.02. The van der Waals surface area contributed by atoms with Crippen molar-refractivity contribution in [2.75, 3.05) is 12.3 Å². The number of pyridine rings is 1. The summed E-state index contributed by atoms with van der Waals surface area (Å²) < 4.78 is 1.68. The van der Waals surface area contributed by atoms with E-state index in [1.165, 1.54) is 0 Å². The monoisotopic (exact) mass is 192 g/mol. The van der Waals surface area contributed by atoms with Crippen LogP contribution in [0.25, 0.3) is 5.65 Å². The van der Waals surface area contributed by atoms with E-state index in [2.05, 4.69) is 10.1 Å². The molecule has 0 fully saturated rings. The van der Waals surface area contributed by atoms with Gasteiger partial charge in [0.2, 0.25) is 0 Å². The fourth-order valence-electron chi connectivity index (χ4n) is 1.29. The smallest absolute Gasteiger partial charge is 0.157 e. The van der Waals surface area contributed by atoms with Crippen LogP contribution in [-0.4, -0.2) is 26.3 Å². The number of aromatic nitrogens is 3. The van der Waals surface area contributed by atoms with E-state index in [4.69, 9.17) is 10.8 Å². The third kappa shape index (κ3) is 1.67. The third-order valence-corrected chi connectivity index (χ3v) is 1.96. The van der Waals surface area contributed by atoms with E-state index in [0.29, 0.717) is 18.5 Å². The number of aryl methyl sites for hydroxylation is 1. The molecule has 5 heteroatoms. The molecule has 0 aliphatic heterocycles. The predicted octanol–water partition coefficient (Wildman–Crippen LogP) is 0.236. The van der Waals surface area contributed by atoms with Crippen molar-refractivity contribution in [2.45, 2.75) is 12.8 Å². The number of rotatable bonds is 3. The molecular formula is C9H12N4O. The van der Waals surface area contributed by atoms with E-state index in [9.17, 15) is 0 Å². The molecule has 3 N–H and O–H groups in total. The van der Waals surface area contributed by atoms with Crippen molar-refractivity contribution in [3.05, 3.63) is 24.2 Å². The van der Waals surface area contributed by atoms with Crippen molar-refractivity contribution >= 4 is 11.3 Å². The van der Waals surface area contributed by atoms with E-state index in [0.717, 1.165) is 11.5 Å². The van der Waals surface area contributed by atoms with Crippen LogP contribution in [0.15, 0.2) is 18.3 Å². The second kappa shape index (κ2) is 3.63. The number of nitrogens with two attached hydrogens (primary N) is 1.